The second-order valence-corrected chi connectivity index (χ2v) is 7.90. The van der Waals surface area contributed by atoms with Gasteiger partial charge in [-0.2, -0.15) is 13.2 Å². The van der Waals surface area contributed by atoms with E-state index < -0.39 is 29.6 Å². The van der Waals surface area contributed by atoms with Crippen LogP contribution < -0.4 is 20.3 Å². The maximum Gasteiger partial charge on any atom is 0.418 e. The van der Waals surface area contributed by atoms with Crippen molar-refractivity contribution in [1.82, 2.24) is 10.2 Å². The van der Waals surface area contributed by atoms with Gasteiger partial charge in [0, 0.05) is 26.2 Å². The molecule has 0 radical (unpaired) electrons. The Bertz CT molecular complexity index is 1100. The minimum atomic E-state index is -4.62. The fourth-order valence-corrected chi connectivity index (χ4v) is 3.99. The lowest BCUT2D eigenvalue weighted by atomic mass is 10.1. The number of nitrogens with zero attached hydrogens (tertiary/aromatic N) is 3. The van der Waals surface area contributed by atoms with Crippen LogP contribution in [0.5, 0.6) is 5.75 Å². The minimum Gasteiger partial charge on any atom is -0.495 e. The third kappa shape index (κ3) is 5.08. The van der Waals surface area contributed by atoms with Crippen LogP contribution in [0.15, 0.2) is 53.5 Å². The molecule has 0 aliphatic carbocycles. The van der Waals surface area contributed by atoms with Crippen molar-refractivity contribution in [2.24, 2.45) is 4.99 Å². The van der Waals surface area contributed by atoms with Gasteiger partial charge in [0.05, 0.1) is 30.5 Å². The number of nitrogens with one attached hydrogen (secondary N) is 2. The van der Waals surface area contributed by atoms with Gasteiger partial charge in [-0.3, -0.25) is 14.9 Å². The molecular formula is C23H24F3N5O3. The highest BCUT2D eigenvalue weighted by atomic mass is 19.4. The maximum absolute atomic E-state index is 13.2. The number of aliphatic imine (C=N–C) groups is 1. The second kappa shape index (κ2) is 9.62. The molecule has 1 saturated heterocycles. The number of anilines is 2. The van der Waals surface area contributed by atoms with Crippen LogP contribution in [-0.4, -0.2) is 62.0 Å². The van der Waals surface area contributed by atoms with Crippen molar-refractivity contribution < 1.29 is 27.5 Å². The fraction of sp³-hybridized carbons (Fsp3) is 0.348. The zero-order chi connectivity index (χ0) is 24.3. The number of rotatable bonds is 4. The first kappa shape index (κ1) is 23.4. The van der Waals surface area contributed by atoms with Crippen LogP contribution in [0.25, 0.3) is 0 Å². The van der Waals surface area contributed by atoms with Crippen LogP contribution in [0.1, 0.15) is 12.0 Å². The Balaban J connectivity index is 1.45. The smallest absolute Gasteiger partial charge is 0.418 e. The molecule has 2 aliphatic rings. The molecule has 2 heterocycles. The van der Waals surface area contributed by atoms with Gasteiger partial charge in [0.15, 0.2) is 0 Å². The lowest BCUT2D eigenvalue weighted by Crippen LogP contribution is -2.56. The zero-order valence-corrected chi connectivity index (χ0v) is 18.4. The SMILES string of the molecule is COc1ccccc1N1CCN(C2=N[C@@H](C(=O)Nc3ccccc3C(F)(F)F)CC(=O)N2)CC1. The maximum atomic E-state index is 13.2. The van der Waals surface area contributed by atoms with Gasteiger partial charge < -0.3 is 19.9 Å². The molecular weight excluding hydrogens is 451 g/mol. The molecule has 0 bridgehead atoms. The number of carbonyl (C=O) groups excluding carboxylic acids is 2. The standard InChI is InChI=1S/C23H24F3N5O3/c1-34-19-9-5-4-8-18(19)30-10-12-31(13-11-30)22-28-17(14-20(32)29-22)21(33)27-16-7-3-2-6-15(16)23(24,25)26/h2-9,17H,10-14H2,1H3,(H,27,33)(H,28,29,32)/t17-/m1/s1. The van der Waals surface area contributed by atoms with E-state index in [4.69, 9.17) is 4.74 Å². The summed E-state index contributed by atoms with van der Waals surface area (Å²) in [6, 6.07) is 11.2. The van der Waals surface area contributed by atoms with E-state index in [2.05, 4.69) is 20.5 Å². The highest BCUT2D eigenvalue weighted by molar-refractivity contribution is 6.06. The molecule has 2 N–H and O–H groups in total. The minimum absolute atomic E-state index is 0.245. The van der Waals surface area contributed by atoms with Crippen molar-refractivity contribution >= 4 is 29.1 Å². The number of piperazine rings is 1. The Labute approximate surface area is 194 Å². The third-order valence-corrected chi connectivity index (χ3v) is 5.71. The van der Waals surface area contributed by atoms with Crippen LogP contribution in [0.2, 0.25) is 0 Å². The van der Waals surface area contributed by atoms with E-state index in [-0.39, 0.29) is 18.1 Å². The predicted octanol–water partition coefficient (Wildman–Crippen LogP) is 2.72. The van der Waals surface area contributed by atoms with Crippen LogP contribution >= 0.6 is 0 Å². The van der Waals surface area contributed by atoms with Gasteiger partial charge in [-0.25, -0.2) is 4.99 Å². The van der Waals surface area contributed by atoms with Crippen molar-refractivity contribution in [3.8, 4) is 5.75 Å². The Morgan fingerprint density at radius 1 is 1.06 bits per heavy atom. The summed E-state index contributed by atoms with van der Waals surface area (Å²) in [7, 11) is 1.61. The summed E-state index contributed by atoms with van der Waals surface area (Å²) in [6.45, 7) is 2.32. The first-order valence-corrected chi connectivity index (χ1v) is 10.7. The van der Waals surface area contributed by atoms with Gasteiger partial charge in [0.25, 0.3) is 0 Å². The van der Waals surface area contributed by atoms with Gasteiger partial charge in [-0.05, 0) is 24.3 Å². The summed E-state index contributed by atoms with van der Waals surface area (Å²) >= 11 is 0. The molecule has 34 heavy (non-hydrogen) atoms. The summed E-state index contributed by atoms with van der Waals surface area (Å²) in [4.78, 5) is 33.4. The Morgan fingerprint density at radius 3 is 2.41 bits per heavy atom. The van der Waals surface area contributed by atoms with E-state index in [9.17, 15) is 22.8 Å². The van der Waals surface area contributed by atoms with E-state index in [1.807, 2.05) is 29.2 Å². The lowest BCUT2D eigenvalue weighted by molar-refractivity contribution is -0.137. The number of carbonyl (C=O) groups is 2. The van der Waals surface area contributed by atoms with E-state index in [0.717, 1.165) is 17.5 Å². The van der Waals surface area contributed by atoms with E-state index >= 15 is 0 Å². The van der Waals surface area contributed by atoms with E-state index in [1.165, 1.54) is 18.2 Å². The molecule has 180 valence electrons. The Morgan fingerprint density at radius 2 is 1.71 bits per heavy atom. The summed E-state index contributed by atoms with van der Waals surface area (Å²) in [6.07, 6.45) is -4.87. The van der Waals surface area contributed by atoms with Gasteiger partial charge in [-0.15, -0.1) is 0 Å². The average molecular weight is 475 g/mol. The van der Waals surface area contributed by atoms with Crippen molar-refractivity contribution in [2.75, 3.05) is 43.5 Å². The number of halogens is 3. The molecule has 2 aliphatic heterocycles. The molecule has 2 aromatic rings. The van der Waals surface area contributed by atoms with Crippen LogP contribution in [0.4, 0.5) is 24.5 Å². The zero-order valence-electron chi connectivity index (χ0n) is 18.4. The summed E-state index contributed by atoms with van der Waals surface area (Å²) in [5.74, 6) is -0.173. The molecule has 1 atom stereocenters. The summed E-state index contributed by atoms with van der Waals surface area (Å²) < 4.78 is 45.2. The first-order valence-electron chi connectivity index (χ1n) is 10.7. The molecule has 0 aromatic heterocycles. The summed E-state index contributed by atoms with van der Waals surface area (Å²) in [5.41, 5.74) is -0.367. The lowest BCUT2D eigenvalue weighted by Gasteiger charge is -2.39. The number of amides is 2. The number of hydrogen-bond acceptors (Lipinski definition) is 6. The Kier molecular flexibility index (Phi) is 6.62. The number of para-hydroxylation sites is 3. The first-order chi connectivity index (χ1) is 16.3. The number of alkyl halides is 3. The van der Waals surface area contributed by atoms with Crippen LogP contribution in [0.3, 0.4) is 0 Å². The van der Waals surface area contributed by atoms with E-state index in [1.54, 1.807) is 7.11 Å². The highest BCUT2D eigenvalue weighted by Gasteiger charge is 2.35. The number of methoxy groups -OCH3 is 1. The van der Waals surface area contributed by atoms with Crippen LogP contribution in [-0.2, 0) is 15.8 Å². The highest BCUT2D eigenvalue weighted by Crippen LogP contribution is 2.34. The van der Waals surface area contributed by atoms with Crippen molar-refractivity contribution in [3.63, 3.8) is 0 Å². The number of ether oxygens (including phenoxy) is 1. The predicted molar refractivity (Wildman–Crippen MR) is 121 cm³/mol. The molecule has 11 heteroatoms. The van der Waals surface area contributed by atoms with Crippen molar-refractivity contribution in [1.29, 1.82) is 0 Å². The quantitative estimate of drug-likeness (QED) is 0.711. The van der Waals surface area contributed by atoms with Gasteiger partial charge in [0.2, 0.25) is 17.8 Å². The molecule has 0 spiro atoms. The molecule has 0 unspecified atom stereocenters. The molecule has 2 aromatic carbocycles. The number of guanidine groups is 1. The Hall–Kier alpha value is -3.76. The monoisotopic (exact) mass is 475 g/mol. The fourth-order valence-electron chi connectivity index (χ4n) is 3.99. The molecule has 2 amide bonds. The molecule has 0 saturated carbocycles. The second-order valence-electron chi connectivity index (χ2n) is 7.90. The molecule has 4 rings (SSSR count). The third-order valence-electron chi connectivity index (χ3n) is 5.71. The van der Waals surface area contributed by atoms with Gasteiger partial charge in [-0.1, -0.05) is 24.3 Å². The normalized spacial score (nSPS) is 18.8. The van der Waals surface area contributed by atoms with Crippen molar-refractivity contribution in [3.05, 3.63) is 54.1 Å². The number of benzene rings is 2. The van der Waals surface area contributed by atoms with Crippen LogP contribution in [0, 0.1) is 0 Å². The van der Waals surface area contributed by atoms with Crippen molar-refractivity contribution in [2.45, 2.75) is 18.6 Å². The topological polar surface area (TPSA) is 86.3 Å². The molecule has 8 nitrogen and oxygen atoms in total. The largest absolute Gasteiger partial charge is 0.495 e. The molecule has 1 fully saturated rings. The van der Waals surface area contributed by atoms with E-state index in [0.29, 0.717) is 26.2 Å². The average Bonchev–Trinajstić information content (AvgIpc) is 2.83. The summed E-state index contributed by atoms with van der Waals surface area (Å²) in [5, 5.41) is 4.97. The van der Waals surface area contributed by atoms with Gasteiger partial charge in [0.1, 0.15) is 11.8 Å². The van der Waals surface area contributed by atoms with Gasteiger partial charge >= 0.3 is 6.18 Å². The number of hydrogen-bond donors (Lipinski definition) is 2.